The molecule has 0 radical (unpaired) electrons. The first-order chi connectivity index (χ1) is 11.7. The summed E-state index contributed by atoms with van der Waals surface area (Å²) in [6, 6.07) is 11.2. The van der Waals surface area contributed by atoms with E-state index in [0.717, 1.165) is 10.6 Å². The van der Waals surface area contributed by atoms with Gasteiger partial charge in [-0.25, -0.2) is 4.98 Å². The van der Waals surface area contributed by atoms with E-state index < -0.39 is 0 Å². The molecule has 1 saturated heterocycles. The first-order valence-corrected chi connectivity index (χ1v) is 8.33. The lowest BCUT2D eigenvalue weighted by molar-refractivity contribution is -0.0208. The van der Waals surface area contributed by atoms with Gasteiger partial charge in [-0.3, -0.25) is 4.79 Å². The molecule has 1 aromatic heterocycles. The number of ether oxygens (including phenoxy) is 1. The van der Waals surface area contributed by atoms with Crippen LogP contribution < -0.4 is 5.32 Å². The maximum Gasteiger partial charge on any atom is 0.254 e. The van der Waals surface area contributed by atoms with Gasteiger partial charge in [0.1, 0.15) is 5.82 Å². The van der Waals surface area contributed by atoms with Gasteiger partial charge < -0.3 is 15.0 Å². The van der Waals surface area contributed by atoms with Crippen molar-refractivity contribution in [2.75, 3.05) is 32.1 Å². The van der Waals surface area contributed by atoms with E-state index in [1.807, 2.05) is 29.2 Å². The summed E-state index contributed by atoms with van der Waals surface area (Å²) in [6.45, 7) is 1.68. The minimum Gasteiger partial charge on any atom is -0.374 e. The van der Waals surface area contributed by atoms with E-state index in [1.54, 1.807) is 25.4 Å². The highest BCUT2D eigenvalue weighted by molar-refractivity contribution is 6.31. The van der Waals surface area contributed by atoms with Crippen molar-refractivity contribution in [1.29, 1.82) is 0 Å². The first-order valence-electron chi connectivity index (χ1n) is 7.95. The Balaban J connectivity index is 1.68. The normalized spacial score (nSPS) is 17.6. The minimum atomic E-state index is -0.0480. The van der Waals surface area contributed by atoms with Crippen molar-refractivity contribution in [2.24, 2.45) is 0 Å². The quantitative estimate of drug-likeness (QED) is 0.925. The van der Waals surface area contributed by atoms with Gasteiger partial charge in [-0.05, 0) is 23.8 Å². The van der Waals surface area contributed by atoms with Gasteiger partial charge in [-0.2, -0.15) is 0 Å². The molecule has 2 heterocycles. The van der Waals surface area contributed by atoms with E-state index in [1.165, 1.54) is 0 Å². The first kappa shape index (κ1) is 16.7. The summed E-state index contributed by atoms with van der Waals surface area (Å²) < 4.78 is 5.82. The lowest BCUT2D eigenvalue weighted by Crippen LogP contribution is -2.46. The van der Waals surface area contributed by atoms with Crippen LogP contribution in [-0.2, 0) is 11.2 Å². The average molecular weight is 346 g/mol. The molecular weight excluding hydrogens is 326 g/mol. The fraction of sp³-hybridized carbons (Fsp3) is 0.333. The molecule has 0 bridgehead atoms. The van der Waals surface area contributed by atoms with Gasteiger partial charge >= 0.3 is 0 Å². The summed E-state index contributed by atoms with van der Waals surface area (Å²) in [7, 11) is 1.78. The number of anilines is 1. The maximum atomic E-state index is 12.7. The summed E-state index contributed by atoms with van der Waals surface area (Å²) in [5, 5.41) is 3.69. The van der Waals surface area contributed by atoms with E-state index in [4.69, 9.17) is 16.3 Å². The van der Waals surface area contributed by atoms with Crippen molar-refractivity contribution in [3.05, 3.63) is 58.7 Å². The van der Waals surface area contributed by atoms with Gasteiger partial charge in [0.2, 0.25) is 0 Å². The fourth-order valence-corrected chi connectivity index (χ4v) is 3.03. The standard InChI is InChI=1S/C18H20ClN3O2/c1-20-17-11-14(6-7-21-17)18(23)22-8-9-24-15(12-22)10-13-4-2-3-5-16(13)19/h2-7,11,15H,8-10,12H2,1H3,(H,20,21)/t15-/m1/s1. The zero-order chi connectivity index (χ0) is 16.9. The van der Waals surface area contributed by atoms with Crippen molar-refractivity contribution in [3.8, 4) is 0 Å². The second-order valence-corrected chi connectivity index (χ2v) is 6.13. The third-order valence-electron chi connectivity index (χ3n) is 4.09. The molecule has 0 aliphatic carbocycles. The van der Waals surface area contributed by atoms with Gasteiger partial charge in [-0.15, -0.1) is 0 Å². The maximum absolute atomic E-state index is 12.7. The van der Waals surface area contributed by atoms with Crippen LogP contribution in [0, 0.1) is 0 Å². The molecule has 1 aliphatic heterocycles. The summed E-state index contributed by atoms with van der Waals surface area (Å²) >= 11 is 6.22. The zero-order valence-corrected chi connectivity index (χ0v) is 14.3. The molecular formula is C18H20ClN3O2. The summed E-state index contributed by atoms with van der Waals surface area (Å²) in [5.41, 5.74) is 1.67. The zero-order valence-electron chi connectivity index (χ0n) is 13.5. The van der Waals surface area contributed by atoms with Crippen LogP contribution >= 0.6 is 11.6 Å². The Morgan fingerprint density at radius 2 is 2.25 bits per heavy atom. The smallest absolute Gasteiger partial charge is 0.254 e. The Kier molecular flexibility index (Phi) is 5.33. The average Bonchev–Trinajstić information content (AvgIpc) is 2.63. The molecule has 1 atom stereocenters. The molecule has 24 heavy (non-hydrogen) atoms. The Bertz CT molecular complexity index is 723. The number of amides is 1. The van der Waals surface area contributed by atoms with E-state index in [9.17, 15) is 4.79 Å². The Labute approximate surface area is 146 Å². The minimum absolute atomic E-state index is 0.00126. The number of carbonyl (C=O) groups excluding carboxylic acids is 1. The van der Waals surface area contributed by atoms with Crippen molar-refractivity contribution >= 4 is 23.3 Å². The number of nitrogens with one attached hydrogen (secondary N) is 1. The number of benzene rings is 1. The van der Waals surface area contributed by atoms with Gasteiger partial charge in [0.15, 0.2) is 0 Å². The molecule has 1 fully saturated rings. The highest BCUT2D eigenvalue weighted by Crippen LogP contribution is 2.20. The van der Waals surface area contributed by atoms with Crippen LogP contribution in [0.4, 0.5) is 5.82 Å². The number of hydrogen-bond donors (Lipinski definition) is 1. The van der Waals surface area contributed by atoms with Crippen LogP contribution in [0.1, 0.15) is 15.9 Å². The van der Waals surface area contributed by atoms with E-state index in [2.05, 4.69) is 10.3 Å². The molecule has 0 spiro atoms. The summed E-state index contributed by atoms with van der Waals surface area (Å²) in [6.07, 6.45) is 2.29. The van der Waals surface area contributed by atoms with Crippen molar-refractivity contribution in [2.45, 2.75) is 12.5 Å². The highest BCUT2D eigenvalue weighted by Gasteiger charge is 2.25. The molecule has 1 aliphatic rings. The predicted octanol–water partition coefficient (Wildman–Crippen LogP) is 2.86. The number of halogens is 1. The molecule has 5 nitrogen and oxygen atoms in total. The molecule has 1 N–H and O–H groups in total. The lowest BCUT2D eigenvalue weighted by Gasteiger charge is -2.33. The number of pyridine rings is 1. The van der Waals surface area contributed by atoms with Crippen LogP contribution in [0.5, 0.6) is 0 Å². The van der Waals surface area contributed by atoms with Gasteiger partial charge in [-0.1, -0.05) is 29.8 Å². The number of morpholine rings is 1. The Morgan fingerprint density at radius 3 is 3.04 bits per heavy atom. The molecule has 1 aromatic carbocycles. The molecule has 0 unspecified atom stereocenters. The number of aromatic nitrogens is 1. The SMILES string of the molecule is CNc1cc(C(=O)N2CCO[C@H](Cc3ccccc3Cl)C2)ccn1. The monoisotopic (exact) mass is 345 g/mol. The molecule has 0 saturated carbocycles. The number of hydrogen-bond acceptors (Lipinski definition) is 4. The molecule has 2 aromatic rings. The van der Waals surface area contributed by atoms with E-state index in [0.29, 0.717) is 37.5 Å². The van der Waals surface area contributed by atoms with Crippen molar-refractivity contribution < 1.29 is 9.53 Å². The number of rotatable bonds is 4. The van der Waals surface area contributed by atoms with Gasteiger partial charge in [0.25, 0.3) is 5.91 Å². The second kappa shape index (κ2) is 7.64. The van der Waals surface area contributed by atoms with Gasteiger partial charge in [0, 0.05) is 43.3 Å². The highest BCUT2D eigenvalue weighted by atomic mass is 35.5. The van der Waals surface area contributed by atoms with Crippen molar-refractivity contribution in [1.82, 2.24) is 9.88 Å². The number of nitrogens with zero attached hydrogens (tertiary/aromatic N) is 2. The Hall–Kier alpha value is -2.11. The Morgan fingerprint density at radius 1 is 1.42 bits per heavy atom. The summed E-state index contributed by atoms with van der Waals surface area (Å²) in [4.78, 5) is 18.7. The molecule has 6 heteroatoms. The van der Waals surface area contributed by atoms with E-state index >= 15 is 0 Å². The molecule has 3 rings (SSSR count). The molecule has 1 amide bonds. The number of carbonyl (C=O) groups is 1. The van der Waals surface area contributed by atoms with Crippen LogP contribution in [0.15, 0.2) is 42.6 Å². The topological polar surface area (TPSA) is 54.5 Å². The van der Waals surface area contributed by atoms with Crippen LogP contribution in [0.2, 0.25) is 5.02 Å². The third-order valence-corrected chi connectivity index (χ3v) is 4.46. The van der Waals surface area contributed by atoms with Crippen LogP contribution in [-0.4, -0.2) is 48.6 Å². The van der Waals surface area contributed by atoms with Crippen LogP contribution in [0.25, 0.3) is 0 Å². The predicted molar refractivity (Wildman–Crippen MR) is 94.6 cm³/mol. The third kappa shape index (κ3) is 3.86. The molecule has 126 valence electrons. The van der Waals surface area contributed by atoms with Crippen LogP contribution in [0.3, 0.4) is 0 Å². The van der Waals surface area contributed by atoms with Gasteiger partial charge in [0.05, 0.1) is 12.7 Å². The summed E-state index contributed by atoms with van der Waals surface area (Å²) in [5.74, 6) is 0.683. The van der Waals surface area contributed by atoms with Crippen molar-refractivity contribution in [3.63, 3.8) is 0 Å². The lowest BCUT2D eigenvalue weighted by atomic mass is 10.1. The second-order valence-electron chi connectivity index (χ2n) is 5.72. The van der Waals surface area contributed by atoms with E-state index in [-0.39, 0.29) is 12.0 Å². The fourth-order valence-electron chi connectivity index (χ4n) is 2.82. The largest absolute Gasteiger partial charge is 0.374 e.